The van der Waals surface area contributed by atoms with Gasteiger partial charge in [0.25, 0.3) is 0 Å². The second-order valence-electron chi connectivity index (χ2n) is 5.52. The SMILES string of the molecule is N#CC(C#N)=Cc1ccc(N=Nc2ccc(N(CCO)CCO)cc2)cc1. The fraction of sp³-hybridized carbons (Fsp3) is 0.200. The summed E-state index contributed by atoms with van der Waals surface area (Å²) in [5.74, 6) is 0. The number of allylic oxidation sites excluding steroid dienone is 1. The minimum absolute atomic E-state index is 0.0108. The number of hydrogen-bond acceptors (Lipinski definition) is 7. The molecule has 0 aromatic heterocycles. The lowest BCUT2D eigenvalue weighted by Crippen LogP contribution is -2.29. The number of nitriles is 2. The van der Waals surface area contributed by atoms with E-state index in [0.29, 0.717) is 24.5 Å². The third-order valence-corrected chi connectivity index (χ3v) is 3.68. The molecule has 0 fully saturated rings. The van der Waals surface area contributed by atoms with Crippen LogP contribution in [0.1, 0.15) is 5.56 Å². The summed E-state index contributed by atoms with van der Waals surface area (Å²) in [7, 11) is 0. The van der Waals surface area contributed by atoms with Crippen molar-refractivity contribution in [2.75, 3.05) is 31.2 Å². The van der Waals surface area contributed by atoms with E-state index in [0.717, 1.165) is 11.3 Å². The molecule has 2 rings (SSSR count). The molecule has 2 N–H and O–H groups in total. The lowest BCUT2D eigenvalue weighted by Gasteiger charge is -2.22. The van der Waals surface area contributed by atoms with Gasteiger partial charge in [0.05, 0.1) is 24.6 Å². The minimum Gasteiger partial charge on any atom is -0.395 e. The van der Waals surface area contributed by atoms with Gasteiger partial charge in [-0.05, 0) is 48.0 Å². The first kappa shape index (κ1) is 19.8. The summed E-state index contributed by atoms with van der Waals surface area (Å²) in [6, 6.07) is 18.0. The fourth-order valence-electron chi connectivity index (χ4n) is 2.35. The molecule has 0 saturated heterocycles. The molecule has 2 aromatic rings. The van der Waals surface area contributed by atoms with Gasteiger partial charge >= 0.3 is 0 Å². The topological polar surface area (TPSA) is 116 Å². The van der Waals surface area contributed by atoms with Crippen molar-refractivity contribution in [1.29, 1.82) is 10.5 Å². The van der Waals surface area contributed by atoms with Crippen LogP contribution in [0.5, 0.6) is 0 Å². The molecule has 7 nitrogen and oxygen atoms in total. The van der Waals surface area contributed by atoms with Crippen LogP contribution >= 0.6 is 0 Å². The van der Waals surface area contributed by atoms with Gasteiger partial charge in [0.1, 0.15) is 17.7 Å². The molecule has 7 heteroatoms. The van der Waals surface area contributed by atoms with Crippen molar-refractivity contribution in [3.05, 3.63) is 59.7 Å². The van der Waals surface area contributed by atoms with Crippen molar-refractivity contribution in [3.8, 4) is 12.1 Å². The molecule has 0 aliphatic heterocycles. The second kappa shape index (κ2) is 10.5. The van der Waals surface area contributed by atoms with Gasteiger partial charge in [0.2, 0.25) is 0 Å². The van der Waals surface area contributed by atoms with Gasteiger partial charge in [-0.2, -0.15) is 20.8 Å². The Bertz CT molecular complexity index is 853. The number of aliphatic hydroxyl groups is 2. The molecule has 0 heterocycles. The zero-order valence-corrected chi connectivity index (χ0v) is 14.7. The predicted octanol–water partition coefficient (Wildman–Crippen LogP) is 3.32. The van der Waals surface area contributed by atoms with Crippen LogP contribution in [0.15, 0.2) is 64.3 Å². The summed E-state index contributed by atoms with van der Waals surface area (Å²) in [5.41, 5.74) is 2.99. The normalized spacial score (nSPS) is 10.2. The van der Waals surface area contributed by atoms with Crippen LogP contribution in [-0.4, -0.2) is 36.5 Å². The molecule has 0 aliphatic rings. The third-order valence-electron chi connectivity index (χ3n) is 3.68. The Morgan fingerprint density at radius 3 is 1.78 bits per heavy atom. The summed E-state index contributed by atoms with van der Waals surface area (Å²) in [6.45, 7) is 0.914. The minimum atomic E-state index is 0.0108. The van der Waals surface area contributed by atoms with Crippen molar-refractivity contribution in [2.24, 2.45) is 10.2 Å². The summed E-state index contributed by atoms with van der Waals surface area (Å²) >= 11 is 0. The van der Waals surface area contributed by atoms with Crippen LogP contribution < -0.4 is 4.90 Å². The van der Waals surface area contributed by atoms with Crippen molar-refractivity contribution in [3.63, 3.8) is 0 Å². The number of rotatable bonds is 8. The number of aliphatic hydroxyl groups excluding tert-OH is 2. The van der Waals surface area contributed by atoms with E-state index in [1.807, 2.05) is 41.3 Å². The standard InChI is InChI=1S/C20H19N5O2/c21-14-17(15-22)13-16-1-3-18(4-2-16)23-24-19-5-7-20(8-6-19)25(9-11-26)10-12-27/h1-8,13,26-27H,9-12H2. The molecule has 0 spiro atoms. The van der Waals surface area contributed by atoms with E-state index in [4.69, 9.17) is 20.7 Å². The lowest BCUT2D eigenvalue weighted by atomic mass is 10.1. The third kappa shape index (κ3) is 6.05. The Morgan fingerprint density at radius 1 is 0.852 bits per heavy atom. The molecule has 0 unspecified atom stereocenters. The smallest absolute Gasteiger partial charge is 0.130 e. The van der Waals surface area contributed by atoms with Crippen LogP contribution in [0, 0.1) is 22.7 Å². The average Bonchev–Trinajstić information content (AvgIpc) is 2.71. The number of benzene rings is 2. The van der Waals surface area contributed by atoms with E-state index in [1.165, 1.54) is 6.08 Å². The van der Waals surface area contributed by atoms with Crippen LogP contribution in [0.4, 0.5) is 17.1 Å². The maximum absolute atomic E-state index is 9.09. The Hall–Kier alpha value is -3.52. The maximum Gasteiger partial charge on any atom is 0.130 e. The first-order valence-corrected chi connectivity index (χ1v) is 8.30. The van der Waals surface area contributed by atoms with E-state index in [-0.39, 0.29) is 18.8 Å². The average molecular weight is 361 g/mol. The highest BCUT2D eigenvalue weighted by Gasteiger charge is 2.05. The predicted molar refractivity (Wildman–Crippen MR) is 103 cm³/mol. The number of anilines is 1. The van der Waals surface area contributed by atoms with E-state index in [9.17, 15) is 0 Å². The van der Waals surface area contributed by atoms with Gasteiger partial charge in [-0.3, -0.25) is 0 Å². The zero-order valence-electron chi connectivity index (χ0n) is 14.7. The Morgan fingerprint density at radius 2 is 1.33 bits per heavy atom. The highest BCUT2D eigenvalue weighted by atomic mass is 16.3. The number of hydrogen-bond donors (Lipinski definition) is 2. The van der Waals surface area contributed by atoms with Gasteiger partial charge in [0.15, 0.2) is 0 Å². The summed E-state index contributed by atoms with van der Waals surface area (Å²) in [5, 5.41) is 44.1. The van der Waals surface area contributed by atoms with Gasteiger partial charge in [-0.25, -0.2) is 0 Å². The second-order valence-corrected chi connectivity index (χ2v) is 5.52. The molecule has 27 heavy (non-hydrogen) atoms. The van der Waals surface area contributed by atoms with Crippen molar-refractivity contribution in [1.82, 2.24) is 0 Å². The summed E-state index contributed by atoms with van der Waals surface area (Å²) < 4.78 is 0. The zero-order chi connectivity index (χ0) is 19.5. The van der Waals surface area contributed by atoms with Gasteiger partial charge in [-0.15, -0.1) is 0 Å². The Balaban J connectivity index is 2.06. The molecular formula is C20H19N5O2. The maximum atomic E-state index is 9.09. The van der Waals surface area contributed by atoms with Crippen molar-refractivity contribution >= 4 is 23.1 Å². The molecule has 0 amide bonds. The lowest BCUT2D eigenvalue weighted by molar-refractivity contribution is 0.281. The first-order valence-electron chi connectivity index (χ1n) is 8.30. The van der Waals surface area contributed by atoms with Crippen LogP contribution in [0.2, 0.25) is 0 Å². The summed E-state index contributed by atoms with van der Waals surface area (Å²) in [6.07, 6.45) is 1.50. The fourth-order valence-corrected chi connectivity index (χ4v) is 2.35. The summed E-state index contributed by atoms with van der Waals surface area (Å²) in [4.78, 5) is 1.88. The quantitative estimate of drug-likeness (QED) is 0.552. The van der Waals surface area contributed by atoms with E-state index in [2.05, 4.69) is 10.2 Å². The van der Waals surface area contributed by atoms with Crippen LogP contribution in [-0.2, 0) is 0 Å². The van der Waals surface area contributed by atoms with Crippen LogP contribution in [0.3, 0.4) is 0 Å². The Kier molecular flexibility index (Phi) is 7.68. The van der Waals surface area contributed by atoms with Crippen LogP contribution in [0.25, 0.3) is 6.08 Å². The highest BCUT2D eigenvalue weighted by molar-refractivity contribution is 5.63. The number of nitrogens with zero attached hydrogens (tertiary/aromatic N) is 5. The molecule has 0 saturated carbocycles. The molecule has 2 aromatic carbocycles. The molecule has 136 valence electrons. The number of azo groups is 1. The largest absolute Gasteiger partial charge is 0.395 e. The van der Waals surface area contributed by atoms with Crippen molar-refractivity contribution < 1.29 is 10.2 Å². The van der Waals surface area contributed by atoms with E-state index in [1.54, 1.807) is 24.3 Å². The molecule has 0 bridgehead atoms. The van der Waals surface area contributed by atoms with E-state index < -0.39 is 0 Å². The van der Waals surface area contributed by atoms with Gasteiger partial charge in [0, 0.05) is 18.8 Å². The first-order chi connectivity index (χ1) is 13.2. The highest BCUT2D eigenvalue weighted by Crippen LogP contribution is 2.22. The van der Waals surface area contributed by atoms with Gasteiger partial charge in [-0.1, -0.05) is 12.1 Å². The molecule has 0 aliphatic carbocycles. The van der Waals surface area contributed by atoms with Crippen molar-refractivity contribution in [2.45, 2.75) is 0 Å². The van der Waals surface area contributed by atoms with E-state index >= 15 is 0 Å². The Labute approximate surface area is 157 Å². The monoisotopic (exact) mass is 361 g/mol. The molecular weight excluding hydrogens is 342 g/mol. The van der Waals surface area contributed by atoms with Gasteiger partial charge < -0.3 is 15.1 Å². The molecule has 0 atom stereocenters. The molecule has 0 radical (unpaired) electrons.